The van der Waals surface area contributed by atoms with Gasteiger partial charge in [0.15, 0.2) is 0 Å². The molecule has 0 aromatic heterocycles. The number of aliphatic hydroxyl groups excluding tert-OH is 1. The maximum absolute atomic E-state index is 13.3. The van der Waals surface area contributed by atoms with Crippen LogP contribution in [0.4, 0.5) is 4.39 Å². The molecule has 2 aromatic rings. The lowest BCUT2D eigenvalue weighted by Crippen LogP contribution is -2.51. The second kappa shape index (κ2) is 10.1. The normalized spacial score (nSPS) is 21.9. The van der Waals surface area contributed by atoms with Crippen molar-refractivity contribution in [1.29, 1.82) is 0 Å². The minimum Gasteiger partial charge on any atom is -0.394 e. The van der Waals surface area contributed by atoms with Gasteiger partial charge in [0.1, 0.15) is 11.9 Å². The Balaban J connectivity index is 1.50. The van der Waals surface area contributed by atoms with Crippen molar-refractivity contribution in [3.8, 4) is 0 Å². The summed E-state index contributed by atoms with van der Waals surface area (Å²) in [4.78, 5) is 12.5. The zero-order valence-corrected chi connectivity index (χ0v) is 17.1. The highest BCUT2D eigenvalue weighted by atomic mass is 32.2. The van der Waals surface area contributed by atoms with Crippen LogP contribution in [0.2, 0.25) is 0 Å². The van der Waals surface area contributed by atoms with Crippen molar-refractivity contribution in [2.75, 3.05) is 13.2 Å². The number of carbonyl (C=O) groups excluding carboxylic acids is 1. The fourth-order valence-electron chi connectivity index (χ4n) is 3.43. The molecule has 1 aliphatic heterocycles. The number of hydrogen-bond acceptors (Lipinski definition) is 5. The molecule has 30 heavy (non-hydrogen) atoms. The summed E-state index contributed by atoms with van der Waals surface area (Å²) in [5.74, 6) is -0.935. The third-order valence-corrected chi connectivity index (χ3v) is 6.49. The van der Waals surface area contributed by atoms with Crippen molar-refractivity contribution in [1.82, 2.24) is 10.0 Å². The van der Waals surface area contributed by atoms with Gasteiger partial charge in [-0.05, 0) is 49.6 Å². The molecule has 1 aliphatic rings. The maximum atomic E-state index is 13.3. The molecule has 0 spiro atoms. The van der Waals surface area contributed by atoms with Crippen LogP contribution in [-0.4, -0.2) is 50.8 Å². The van der Waals surface area contributed by atoms with E-state index in [1.54, 1.807) is 18.2 Å². The second-order valence-corrected chi connectivity index (χ2v) is 8.91. The van der Waals surface area contributed by atoms with E-state index in [4.69, 9.17) is 4.74 Å². The number of rotatable bonds is 8. The van der Waals surface area contributed by atoms with Crippen LogP contribution in [-0.2, 0) is 14.8 Å². The summed E-state index contributed by atoms with van der Waals surface area (Å²) in [5, 5.41) is 12.4. The third-order valence-electron chi connectivity index (χ3n) is 5.01. The number of benzene rings is 2. The predicted octanol–water partition coefficient (Wildman–Crippen LogP) is 1.83. The minimum absolute atomic E-state index is 0.195. The van der Waals surface area contributed by atoms with Crippen LogP contribution in [0.3, 0.4) is 0 Å². The van der Waals surface area contributed by atoms with E-state index >= 15 is 0 Å². The van der Waals surface area contributed by atoms with Crippen molar-refractivity contribution in [2.24, 2.45) is 0 Å². The van der Waals surface area contributed by atoms with Gasteiger partial charge in [0.05, 0.1) is 23.6 Å². The number of carbonyl (C=O) groups is 1. The lowest BCUT2D eigenvalue weighted by Gasteiger charge is -2.36. The second-order valence-electron chi connectivity index (χ2n) is 7.15. The Morgan fingerprint density at radius 2 is 1.90 bits per heavy atom. The molecule has 2 aromatic carbocycles. The van der Waals surface area contributed by atoms with Gasteiger partial charge in [-0.15, -0.1) is 0 Å². The van der Waals surface area contributed by atoms with Gasteiger partial charge in [-0.1, -0.05) is 24.3 Å². The minimum atomic E-state index is -3.58. The molecule has 1 amide bonds. The fraction of sp³-hybridized carbons (Fsp3) is 0.381. The number of halogens is 1. The number of aliphatic hydroxyl groups is 1. The largest absolute Gasteiger partial charge is 0.394 e. The summed E-state index contributed by atoms with van der Waals surface area (Å²) in [5.41, 5.74) is 0.198. The van der Waals surface area contributed by atoms with Gasteiger partial charge in [-0.25, -0.2) is 17.5 Å². The molecule has 7 nitrogen and oxygen atoms in total. The summed E-state index contributed by atoms with van der Waals surface area (Å²) >= 11 is 0. The maximum Gasteiger partial charge on any atom is 0.251 e. The van der Waals surface area contributed by atoms with Crippen LogP contribution in [0.5, 0.6) is 0 Å². The fourth-order valence-corrected chi connectivity index (χ4v) is 4.50. The van der Waals surface area contributed by atoms with E-state index in [-0.39, 0.29) is 29.7 Å². The number of amides is 1. The Bertz CT molecular complexity index is 955. The first-order valence-corrected chi connectivity index (χ1v) is 11.2. The SMILES string of the molecule is O=C(N[C@@H]1CC[C@@H](CCNS(=O)(=O)c2ccccc2)O[C@@H]1CO)c1cccc(F)c1. The monoisotopic (exact) mass is 436 g/mol. The lowest BCUT2D eigenvalue weighted by atomic mass is 9.97. The van der Waals surface area contributed by atoms with Gasteiger partial charge in [-0.2, -0.15) is 0 Å². The Morgan fingerprint density at radius 1 is 1.13 bits per heavy atom. The number of hydrogen-bond donors (Lipinski definition) is 3. The molecule has 162 valence electrons. The van der Waals surface area contributed by atoms with Crippen LogP contribution < -0.4 is 10.0 Å². The molecule has 0 radical (unpaired) electrons. The average Bonchev–Trinajstić information content (AvgIpc) is 2.75. The highest BCUT2D eigenvalue weighted by Gasteiger charge is 2.32. The van der Waals surface area contributed by atoms with Crippen LogP contribution in [0.1, 0.15) is 29.6 Å². The Hall–Kier alpha value is -2.33. The first-order valence-electron chi connectivity index (χ1n) is 9.76. The van der Waals surface area contributed by atoms with Crippen molar-refractivity contribution >= 4 is 15.9 Å². The summed E-state index contributed by atoms with van der Waals surface area (Å²) in [6, 6.07) is 13.1. The molecular weight excluding hydrogens is 411 g/mol. The molecule has 3 atom stereocenters. The van der Waals surface area contributed by atoms with Gasteiger partial charge in [0, 0.05) is 12.1 Å². The summed E-state index contributed by atoms with van der Waals surface area (Å²) in [7, 11) is -3.58. The van der Waals surface area contributed by atoms with E-state index in [1.165, 1.54) is 30.3 Å². The molecular formula is C21H25FN2O5S. The van der Waals surface area contributed by atoms with E-state index < -0.39 is 33.9 Å². The molecule has 0 bridgehead atoms. The number of nitrogens with one attached hydrogen (secondary N) is 2. The van der Waals surface area contributed by atoms with Gasteiger partial charge >= 0.3 is 0 Å². The Kier molecular flexibility index (Phi) is 7.54. The molecule has 0 unspecified atom stereocenters. The first-order chi connectivity index (χ1) is 14.4. The summed E-state index contributed by atoms with van der Waals surface area (Å²) < 4.78 is 46.2. The highest BCUT2D eigenvalue weighted by Crippen LogP contribution is 2.22. The van der Waals surface area contributed by atoms with Gasteiger partial charge in [-0.3, -0.25) is 4.79 Å². The van der Waals surface area contributed by atoms with E-state index in [0.29, 0.717) is 19.3 Å². The molecule has 3 rings (SSSR count). The van der Waals surface area contributed by atoms with Crippen LogP contribution >= 0.6 is 0 Å². The molecule has 3 N–H and O–H groups in total. The summed E-state index contributed by atoms with van der Waals surface area (Å²) in [6.07, 6.45) is 0.725. The lowest BCUT2D eigenvalue weighted by molar-refractivity contribution is -0.0891. The van der Waals surface area contributed by atoms with Crippen LogP contribution in [0.25, 0.3) is 0 Å². The topological polar surface area (TPSA) is 105 Å². The smallest absolute Gasteiger partial charge is 0.251 e. The van der Waals surface area contributed by atoms with Crippen LogP contribution in [0, 0.1) is 5.82 Å². The Morgan fingerprint density at radius 3 is 2.60 bits per heavy atom. The number of sulfonamides is 1. The third kappa shape index (κ3) is 5.85. The quantitative estimate of drug-likeness (QED) is 0.586. The first kappa shape index (κ1) is 22.4. The zero-order chi connectivity index (χ0) is 21.6. The van der Waals surface area contributed by atoms with Crippen LogP contribution in [0.15, 0.2) is 59.5 Å². The predicted molar refractivity (Wildman–Crippen MR) is 109 cm³/mol. The Labute approximate surface area is 175 Å². The van der Waals surface area contributed by atoms with E-state index in [0.717, 1.165) is 6.07 Å². The van der Waals surface area contributed by atoms with Gasteiger partial charge < -0.3 is 15.2 Å². The van der Waals surface area contributed by atoms with Gasteiger partial charge in [0.2, 0.25) is 10.0 Å². The highest BCUT2D eigenvalue weighted by molar-refractivity contribution is 7.89. The van der Waals surface area contributed by atoms with Crippen molar-refractivity contribution < 1.29 is 27.4 Å². The van der Waals surface area contributed by atoms with E-state index in [9.17, 15) is 22.7 Å². The molecule has 1 fully saturated rings. The molecule has 9 heteroatoms. The standard InChI is InChI=1S/C21H25FN2O5S/c22-16-6-4-5-15(13-16)21(26)24-19-10-9-17(29-20(19)14-25)11-12-23-30(27,28)18-7-2-1-3-8-18/h1-8,13,17,19-20,23,25H,9-12,14H2,(H,24,26)/t17-,19+,20+/m0/s1. The van der Waals surface area contributed by atoms with E-state index in [2.05, 4.69) is 10.0 Å². The van der Waals surface area contributed by atoms with Crippen molar-refractivity contribution in [2.45, 2.75) is 42.4 Å². The van der Waals surface area contributed by atoms with Crippen molar-refractivity contribution in [3.05, 3.63) is 66.0 Å². The molecule has 0 saturated carbocycles. The molecule has 1 saturated heterocycles. The van der Waals surface area contributed by atoms with Crippen molar-refractivity contribution in [3.63, 3.8) is 0 Å². The summed E-state index contributed by atoms with van der Waals surface area (Å²) in [6.45, 7) is -0.0965. The van der Waals surface area contributed by atoms with Gasteiger partial charge in [0.25, 0.3) is 5.91 Å². The average molecular weight is 437 g/mol. The molecule has 0 aliphatic carbocycles. The number of ether oxygens (including phenoxy) is 1. The molecule has 1 heterocycles. The van der Waals surface area contributed by atoms with E-state index in [1.807, 2.05) is 0 Å². The zero-order valence-electron chi connectivity index (χ0n) is 16.3.